The molecular formula is C10H16N2O. The summed E-state index contributed by atoms with van der Waals surface area (Å²) >= 11 is 0. The average molecular weight is 180 g/mol. The van der Waals surface area contributed by atoms with Crippen molar-refractivity contribution in [2.24, 2.45) is 5.73 Å². The van der Waals surface area contributed by atoms with Crippen LogP contribution in [0.25, 0.3) is 0 Å². The smallest absolute Gasteiger partial charge is 0.141 e. The van der Waals surface area contributed by atoms with Crippen molar-refractivity contribution in [3.63, 3.8) is 0 Å². The highest BCUT2D eigenvalue weighted by Crippen LogP contribution is 2.35. The van der Waals surface area contributed by atoms with Crippen molar-refractivity contribution >= 4 is 0 Å². The van der Waals surface area contributed by atoms with Crippen molar-refractivity contribution in [2.75, 3.05) is 6.54 Å². The Bertz CT molecular complexity index is 264. The second-order valence-corrected chi connectivity index (χ2v) is 3.72. The number of hydrogen-bond donors (Lipinski definition) is 1. The van der Waals surface area contributed by atoms with E-state index in [9.17, 15) is 0 Å². The number of hydrogen-bond acceptors (Lipinski definition) is 3. The second-order valence-electron chi connectivity index (χ2n) is 3.72. The minimum absolute atomic E-state index is 0.648. The highest BCUT2D eigenvalue weighted by molar-refractivity contribution is 5.20. The van der Waals surface area contributed by atoms with E-state index in [-0.39, 0.29) is 0 Å². The quantitative estimate of drug-likeness (QED) is 0.772. The van der Waals surface area contributed by atoms with E-state index in [1.807, 2.05) is 6.20 Å². The molecule has 1 aromatic heterocycles. The molecule has 1 saturated carbocycles. The van der Waals surface area contributed by atoms with E-state index in [0.29, 0.717) is 12.5 Å². The van der Waals surface area contributed by atoms with Crippen LogP contribution in [-0.4, -0.2) is 11.7 Å². The zero-order valence-electron chi connectivity index (χ0n) is 7.83. The summed E-state index contributed by atoms with van der Waals surface area (Å²) in [4.78, 5) is 0. The van der Waals surface area contributed by atoms with Gasteiger partial charge in [0.25, 0.3) is 0 Å². The summed E-state index contributed by atoms with van der Waals surface area (Å²) in [6.07, 6.45) is 7.97. The highest BCUT2D eigenvalue weighted by atomic mass is 16.5. The van der Waals surface area contributed by atoms with Gasteiger partial charge in [0.15, 0.2) is 0 Å². The molecule has 0 bridgehead atoms. The Kier molecular flexibility index (Phi) is 2.64. The Hall–Kier alpha value is -0.830. The number of aromatic nitrogens is 1. The molecule has 0 atom stereocenters. The zero-order chi connectivity index (χ0) is 9.10. The van der Waals surface area contributed by atoms with Crippen molar-refractivity contribution in [1.82, 2.24) is 5.16 Å². The lowest BCUT2D eigenvalue weighted by atomic mass is 9.98. The first-order chi connectivity index (χ1) is 6.42. The molecule has 2 N–H and O–H groups in total. The van der Waals surface area contributed by atoms with E-state index < -0.39 is 0 Å². The molecule has 0 amide bonds. The third-order valence-corrected chi connectivity index (χ3v) is 2.84. The van der Waals surface area contributed by atoms with Gasteiger partial charge in [0.2, 0.25) is 0 Å². The van der Waals surface area contributed by atoms with Gasteiger partial charge in [-0.05, 0) is 25.3 Å². The van der Waals surface area contributed by atoms with Gasteiger partial charge in [-0.15, -0.1) is 0 Å². The third-order valence-electron chi connectivity index (χ3n) is 2.84. The Labute approximate surface area is 78.3 Å². The SMILES string of the molecule is NCCc1oncc1C1CCCC1. The molecule has 72 valence electrons. The molecule has 0 radical (unpaired) electrons. The monoisotopic (exact) mass is 180 g/mol. The molecule has 13 heavy (non-hydrogen) atoms. The Morgan fingerprint density at radius 2 is 2.23 bits per heavy atom. The molecule has 0 saturated heterocycles. The number of nitrogens with zero attached hydrogens (tertiary/aromatic N) is 1. The molecule has 0 spiro atoms. The lowest BCUT2D eigenvalue weighted by Gasteiger charge is -2.06. The van der Waals surface area contributed by atoms with E-state index >= 15 is 0 Å². The van der Waals surface area contributed by atoms with Gasteiger partial charge in [-0.1, -0.05) is 18.0 Å². The molecule has 1 aliphatic rings. The summed E-state index contributed by atoms with van der Waals surface area (Å²) < 4.78 is 5.19. The summed E-state index contributed by atoms with van der Waals surface area (Å²) in [7, 11) is 0. The van der Waals surface area contributed by atoms with E-state index in [4.69, 9.17) is 10.3 Å². The predicted molar refractivity (Wildman–Crippen MR) is 50.5 cm³/mol. The summed E-state index contributed by atoms with van der Waals surface area (Å²) in [5, 5.41) is 3.85. The minimum atomic E-state index is 0.648. The molecule has 1 heterocycles. The summed E-state index contributed by atoms with van der Waals surface area (Å²) in [5.74, 6) is 1.70. The van der Waals surface area contributed by atoms with Crippen LogP contribution in [0.15, 0.2) is 10.7 Å². The van der Waals surface area contributed by atoms with Crippen LogP contribution in [0.5, 0.6) is 0 Å². The molecule has 1 aromatic rings. The lowest BCUT2D eigenvalue weighted by Crippen LogP contribution is -2.04. The van der Waals surface area contributed by atoms with Crippen LogP contribution in [0.4, 0.5) is 0 Å². The van der Waals surface area contributed by atoms with Crippen molar-refractivity contribution in [3.8, 4) is 0 Å². The van der Waals surface area contributed by atoms with E-state index in [2.05, 4.69) is 5.16 Å². The van der Waals surface area contributed by atoms with Gasteiger partial charge in [0, 0.05) is 12.0 Å². The Morgan fingerprint density at radius 3 is 2.92 bits per heavy atom. The van der Waals surface area contributed by atoms with E-state index in [0.717, 1.165) is 12.2 Å². The average Bonchev–Trinajstić information content (AvgIpc) is 2.71. The van der Waals surface area contributed by atoms with Crippen LogP contribution in [0.3, 0.4) is 0 Å². The fraction of sp³-hybridized carbons (Fsp3) is 0.700. The van der Waals surface area contributed by atoms with Crippen LogP contribution in [-0.2, 0) is 6.42 Å². The second kappa shape index (κ2) is 3.92. The number of rotatable bonds is 3. The van der Waals surface area contributed by atoms with Gasteiger partial charge >= 0.3 is 0 Å². The molecule has 0 aliphatic heterocycles. The summed E-state index contributed by atoms with van der Waals surface area (Å²) in [6.45, 7) is 0.648. The first-order valence-corrected chi connectivity index (χ1v) is 5.05. The van der Waals surface area contributed by atoms with Gasteiger partial charge < -0.3 is 10.3 Å². The van der Waals surface area contributed by atoms with E-state index in [1.165, 1.54) is 31.2 Å². The normalized spacial score (nSPS) is 18.2. The third kappa shape index (κ3) is 1.75. The Morgan fingerprint density at radius 1 is 1.46 bits per heavy atom. The largest absolute Gasteiger partial charge is 0.361 e. The van der Waals surface area contributed by atoms with Crippen LogP contribution in [0.1, 0.15) is 42.9 Å². The lowest BCUT2D eigenvalue weighted by molar-refractivity contribution is 0.381. The molecule has 1 aliphatic carbocycles. The summed E-state index contributed by atoms with van der Waals surface area (Å²) in [6, 6.07) is 0. The summed E-state index contributed by atoms with van der Waals surface area (Å²) in [5.41, 5.74) is 6.81. The van der Waals surface area contributed by atoms with Gasteiger partial charge in [0.1, 0.15) is 5.76 Å². The molecule has 3 heteroatoms. The van der Waals surface area contributed by atoms with Crippen LogP contribution >= 0.6 is 0 Å². The van der Waals surface area contributed by atoms with Crippen LogP contribution in [0.2, 0.25) is 0 Å². The topological polar surface area (TPSA) is 52.0 Å². The molecule has 0 aromatic carbocycles. The maximum atomic E-state index is 5.50. The molecule has 1 fully saturated rings. The van der Waals surface area contributed by atoms with Crippen LogP contribution < -0.4 is 5.73 Å². The fourth-order valence-corrected chi connectivity index (χ4v) is 2.16. The number of nitrogens with two attached hydrogens (primary N) is 1. The van der Waals surface area contributed by atoms with Crippen molar-refractivity contribution in [2.45, 2.75) is 38.0 Å². The van der Waals surface area contributed by atoms with Crippen molar-refractivity contribution < 1.29 is 4.52 Å². The Balaban J connectivity index is 2.13. The maximum absolute atomic E-state index is 5.50. The van der Waals surface area contributed by atoms with Crippen molar-refractivity contribution in [1.29, 1.82) is 0 Å². The van der Waals surface area contributed by atoms with Gasteiger partial charge in [0.05, 0.1) is 6.20 Å². The standard InChI is InChI=1S/C10H16N2O/c11-6-5-10-9(7-12-13-10)8-3-1-2-4-8/h7-8H,1-6,11H2. The van der Waals surface area contributed by atoms with E-state index in [1.54, 1.807) is 0 Å². The molecule has 3 nitrogen and oxygen atoms in total. The molecule has 2 rings (SSSR count). The van der Waals surface area contributed by atoms with Gasteiger partial charge in [-0.2, -0.15) is 0 Å². The molecule has 0 unspecified atom stereocenters. The highest BCUT2D eigenvalue weighted by Gasteiger charge is 2.22. The van der Waals surface area contributed by atoms with Crippen molar-refractivity contribution in [3.05, 3.63) is 17.5 Å². The zero-order valence-corrected chi connectivity index (χ0v) is 7.83. The first kappa shape index (κ1) is 8.75. The predicted octanol–water partition coefficient (Wildman–Crippen LogP) is 1.83. The van der Waals surface area contributed by atoms with Crippen LogP contribution in [0, 0.1) is 0 Å². The fourth-order valence-electron chi connectivity index (χ4n) is 2.16. The van der Waals surface area contributed by atoms with Gasteiger partial charge in [-0.3, -0.25) is 0 Å². The first-order valence-electron chi connectivity index (χ1n) is 5.05. The van der Waals surface area contributed by atoms with Gasteiger partial charge in [-0.25, -0.2) is 0 Å². The molecular weight excluding hydrogens is 164 g/mol. The minimum Gasteiger partial charge on any atom is -0.361 e. The maximum Gasteiger partial charge on any atom is 0.141 e.